The van der Waals surface area contributed by atoms with Crippen LogP contribution in [0.15, 0.2) is 34.9 Å². The van der Waals surface area contributed by atoms with E-state index in [1.165, 1.54) is 42.4 Å². The number of ether oxygens (including phenoxy) is 1. The van der Waals surface area contributed by atoms with Crippen LogP contribution in [-0.4, -0.2) is 23.4 Å². The Morgan fingerprint density at radius 1 is 1.05 bits per heavy atom. The maximum absolute atomic E-state index is 10.1. The van der Waals surface area contributed by atoms with Crippen LogP contribution < -0.4 is 0 Å². The van der Waals surface area contributed by atoms with Crippen LogP contribution in [-0.2, 0) is 4.74 Å². The van der Waals surface area contributed by atoms with Gasteiger partial charge in [0, 0.05) is 0 Å². The largest absolute Gasteiger partial charge is 0.388 e. The average molecular weight is 304 g/mol. The Kier molecular flexibility index (Phi) is 6.05. The molecule has 0 spiro atoms. The van der Waals surface area contributed by atoms with E-state index in [4.69, 9.17) is 4.74 Å². The van der Waals surface area contributed by atoms with Gasteiger partial charge >= 0.3 is 0 Å². The molecule has 124 valence electrons. The van der Waals surface area contributed by atoms with Crippen LogP contribution >= 0.6 is 0 Å². The fourth-order valence-electron chi connectivity index (χ4n) is 3.31. The van der Waals surface area contributed by atoms with Crippen molar-refractivity contribution in [3.05, 3.63) is 34.9 Å². The zero-order valence-electron chi connectivity index (χ0n) is 14.7. The van der Waals surface area contributed by atoms with Crippen LogP contribution in [0, 0.1) is 5.92 Å². The predicted octanol–water partition coefficient (Wildman–Crippen LogP) is 4.95. The highest BCUT2D eigenvalue weighted by molar-refractivity contribution is 5.16. The Hall–Kier alpha value is -0.860. The summed E-state index contributed by atoms with van der Waals surface area (Å²) in [6, 6.07) is 0. The van der Waals surface area contributed by atoms with Crippen molar-refractivity contribution in [2.75, 3.05) is 6.61 Å². The van der Waals surface area contributed by atoms with E-state index in [9.17, 15) is 5.11 Å². The van der Waals surface area contributed by atoms with E-state index < -0.39 is 5.60 Å². The molecule has 0 saturated carbocycles. The lowest BCUT2D eigenvalue weighted by Crippen LogP contribution is -2.40. The van der Waals surface area contributed by atoms with Crippen molar-refractivity contribution in [2.24, 2.45) is 5.92 Å². The highest BCUT2D eigenvalue weighted by atomic mass is 16.5. The van der Waals surface area contributed by atoms with Crippen molar-refractivity contribution >= 4 is 0 Å². The van der Waals surface area contributed by atoms with Crippen molar-refractivity contribution in [3.8, 4) is 0 Å². The van der Waals surface area contributed by atoms with E-state index in [0.717, 1.165) is 12.8 Å². The average Bonchev–Trinajstić information content (AvgIpc) is 2.46. The van der Waals surface area contributed by atoms with Gasteiger partial charge in [0.05, 0.1) is 18.3 Å². The van der Waals surface area contributed by atoms with Gasteiger partial charge in [-0.2, -0.15) is 0 Å². The lowest BCUT2D eigenvalue weighted by Gasteiger charge is -2.34. The fourth-order valence-corrected chi connectivity index (χ4v) is 3.31. The predicted molar refractivity (Wildman–Crippen MR) is 92.8 cm³/mol. The lowest BCUT2D eigenvalue weighted by molar-refractivity contribution is -0.0865. The molecule has 1 N–H and O–H groups in total. The molecule has 0 aromatic carbocycles. The highest BCUT2D eigenvalue weighted by Crippen LogP contribution is 2.31. The van der Waals surface area contributed by atoms with Crippen molar-refractivity contribution in [1.82, 2.24) is 0 Å². The Labute approximate surface area is 136 Å². The molecule has 0 saturated heterocycles. The van der Waals surface area contributed by atoms with Gasteiger partial charge in [-0.25, -0.2) is 0 Å². The van der Waals surface area contributed by atoms with E-state index in [1.807, 2.05) is 13.8 Å². The molecule has 22 heavy (non-hydrogen) atoms. The fraction of sp³-hybridized carbons (Fsp3) is 0.700. The highest BCUT2D eigenvalue weighted by Gasteiger charge is 2.30. The summed E-state index contributed by atoms with van der Waals surface area (Å²) < 4.78 is 5.94. The third kappa shape index (κ3) is 5.10. The summed E-state index contributed by atoms with van der Waals surface area (Å²) in [6.07, 6.45) is 13.8. The Bertz CT molecular complexity index is 463. The van der Waals surface area contributed by atoms with Gasteiger partial charge in [0.2, 0.25) is 0 Å². The summed E-state index contributed by atoms with van der Waals surface area (Å²) in [5.41, 5.74) is 3.70. The van der Waals surface area contributed by atoms with Crippen molar-refractivity contribution in [2.45, 2.75) is 77.9 Å². The maximum Gasteiger partial charge on any atom is 0.0895 e. The minimum absolute atomic E-state index is 0.0744. The topological polar surface area (TPSA) is 29.5 Å². The molecule has 1 aliphatic carbocycles. The van der Waals surface area contributed by atoms with E-state index in [1.54, 1.807) is 0 Å². The zero-order chi connectivity index (χ0) is 16.2. The molecule has 2 atom stereocenters. The summed E-state index contributed by atoms with van der Waals surface area (Å²) in [4.78, 5) is 0. The van der Waals surface area contributed by atoms with Crippen LogP contribution in [0.25, 0.3) is 0 Å². The molecule has 0 amide bonds. The molecular formula is C20H32O2. The van der Waals surface area contributed by atoms with E-state index in [-0.39, 0.29) is 6.10 Å². The third-order valence-electron chi connectivity index (χ3n) is 5.03. The molecule has 0 fully saturated rings. The first-order valence-corrected chi connectivity index (χ1v) is 8.70. The minimum Gasteiger partial charge on any atom is -0.388 e. The smallest absolute Gasteiger partial charge is 0.0895 e. The molecule has 0 aromatic heterocycles. The maximum atomic E-state index is 10.1. The molecule has 0 unspecified atom stereocenters. The minimum atomic E-state index is -0.756. The molecule has 1 heterocycles. The molecule has 0 aromatic rings. The van der Waals surface area contributed by atoms with Gasteiger partial charge in [0.1, 0.15) is 0 Å². The Balaban J connectivity index is 2.06. The quantitative estimate of drug-likeness (QED) is 0.732. The van der Waals surface area contributed by atoms with E-state index in [0.29, 0.717) is 12.5 Å². The standard InChI is InChI=1S/C20H32O2/c1-15-6-5-7-16(2)9-11-17(10-8-15)18-12-13-19(22-14-18)20(3,4)21/h6,9,12,17,19,21H,5,7-8,10-11,13-14H2,1-4H3/t17-,19+/m0/s1. The number of hydrogen-bond acceptors (Lipinski definition) is 2. The Morgan fingerprint density at radius 2 is 1.77 bits per heavy atom. The summed E-state index contributed by atoms with van der Waals surface area (Å²) in [7, 11) is 0. The van der Waals surface area contributed by atoms with E-state index >= 15 is 0 Å². The van der Waals surface area contributed by atoms with Gasteiger partial charge in [0.15, 0.2) is 0 Å². The van der Waals surface area contributed by atoms with Crippen LogP contribution in [0.3, 0.4) is 0 Å². The van der Waals surface area contributed by atoms with Gasteiger partial charge in [-0.05, 0) is 77.7 Å². The SMILES string of the molecule is CC1=CC[C@@H](C2=CC[C@H](C(C)(C)O)OC2)CCC(C)=CCC1. The van der Waals surface area contributed by atoms with Crippen molar-refractivity contribution < 1.29 is 9.84 Å². The summed E-state index contributed by atoms with van der Waals surface area (Å²) in [5.74, 6) is 0.583. The molecule has 2 nitrogen and oxygen atoms in total. The number of aliphatic hydroxyl groups is 1. The zero-order valence-corrected chi connectivity index (χ0v) is 14.7. The second-order valence-corrected chi connectivity index (χ2v) is 7.58. The second-order valence-electron chi connectivity index (χ2n) is 7.58. The molecular weight excluding hydrogens is 272 g/mol. The molecule has 0 bridgehead atoms. The molecule has 2 aliphatic rings. The molecule has 0 radical (unpaired) electrons. The normalized spacial score (nSPS) is 28.5. The third-order valence-corrected chi connectivity index (χ3v) is 5.03. The molecule has 2 heteroatoms. The second kappa shape index (κ2) is 7.61. The number of allylic oxidation sites excluding steroid dienone is 4. The van der Waals surface area contributed by atoms with Crippen molar-refractivity contribution in [1.29, 1.82) is 0 Å². The van der Waals surface area contributed by atoms with E-state index in [2.05, 4.69) is 32.1 Å². The number of hydrogen-bond donors (Lipinski definition) is 1. The van der Waals surface area contributed by atoms with Crippen LogP contribution in [0.1, 0.15) is 66.2 Å². The van der Waals surface area contributed by atoms with Gasteiger partial charge in [-0.15, -0.1) is 0 Å². The van der Waals surface area contributed by atoms with Crippen LogP contribution in [0.2, 0.25) is 0 Å². The number of rotatable bonds is 2. The van der Waals surface area contributed by atoms with Crippen LogP contribution in [0.5, 0.6) is 0 Å². The monoisotopic (exact) mass is 304 g/mol. The molecule has 2 rings (SSSR count). The first kappa shape index (κ1) is 17.5. The summed E-state index contributed by atoms with van der Waals surface area (Å²) in [5, 5.41) is 10.1. The van der Waals surface area contributed by atoms with Gasteiger partial charge in [-0.3, -0.25) is 0 Å². The summed E-state index contributed by atoms with van der Waals surface area (Å²) in [6.45, 7) is 8.85. The lowest BCUT2D eigenvalue weighted by atomic mass is 9.85. The van der Waals surface area contributed by atoms with Gasteiger partial charge < -0.3 is 9.84 Å². The van der Waals surface area contributed by atoms with Gasteiger partial charge in [0.25, 0.3) is 0 Å². The Morgan fingerprint density at radius 3 is 2.41 bits per heavy atom. The molecule has 1 aliphatic heterocycles. The van der Waals surface area contributed by atoms with Crippen molar-refractivity contribution in [3.63, 3.8) is 0 Å². The van der Waals surface area contributed by atoms with Crippen LogP contribution in [0.4, 0.5) is 0 Å². The first-order chi connectivity index (χ1) is 10.4. The first-order valence-electron chi connectivity index (χ1n) is 8.70. The van der Waals surface area contributed by atoms with Gasteiger partial charge in [-0.1, -0.05) is 29.4 Å². The summed E-state index contributed by atoms with van der Waals surface area (Å²) >= 11 is 0.